The van der Waals surface area contributed by atoms with Crippen LogP contribution in [0.15, 0.2) is 54.6 Å². The zero-order chi connectivity index (χ0) is 18.2. The molecule has 0 radical (unpaired) electrons. The standard InChI is InChI=1S/C22H26N2O2/c1-18-5-4-6-19(15-18)9-10-22(25)23-16-20-7-2-3-8-21(20)17-24-11-13-26-14-12-24/h2-10,15H,11-14,16-17H2,1H3,(H,23,25)/p+1/b10-9+. The van der Waals surface area contributed by atoms with Gasteiger partial charge in [-0.15, -0.1) is 0 Å². The first kappa shape index (κ1) is 18.4. The molecule has 1 aliphatic heterocycles. The summed E-state index contributed by atoms with van der Waals surface area (Å²) in [5.74, 6) is -0.0694. The number of hydrogen-bond acceptors (Lipinski definition) is 2. The number of rotatable bonds is 6. The van der Waals surface area contributed by atoms with E-state index >= 15 is 0 Å². The third kappa shape index (κ3) is 5.55. The molecule has 0 spiro atoms. The van der Waals surface area contributed by atoms with Crippen molar-refractivity contribution in [2.45, 2.75) is 20.0 Å². The van der Waals surface area contributed by atoms with Crippen molar-refractivity contribution in [2.24, 2.45) is 0 Å². The van der Waals surface area contributed by atoms with Gasteiger partial charge in [-0.3, -0.25) is 4.79 Å². The Morgan fingerprint density at radius 3 is 2.65 bits per heavy atom. The van der Waals surface area contributed by atoms with Crippen LogP contribution in [0.4, 0.5) is 0 Å². The van der Waals surface area contributed by atoms with E-state index in [0.29, 0.717) is 6.54 Å². The predicted molar refractivity (Wildman–Crippen MR) is 104 cm³/mol. The van der Waals surface area contributed by atoms with E-state index in [2.05, 4.69) is 29.6 Å². The molecule has 0 aliphatic carbocycles. The van der Waals surface area contributed by atoms with E-state index < -0.39 is 0 Å². The third-order valence-electron chi connectivity index (χ3n) is 4.68. The average Bonchev–Trinajstić information content (AvgIpc) is 2.66. The van der Waals surface area contributed by atoms with Gasteiger partial charge in [0.2, 0.25) is 5.91 Å². The lowest BCUT2D eigenvalue weighted by atomic mass is 10.1. The fraction of sp³-hybridized carbons (Fsp3) is 0.318. The van der Waals surface area contributed by atoms with Crippen molar-refractivity contribution in [2.75, 3.05) is 26.3 Å². The first-order chi connectivity index (χ1) is 12.7. The number of benzene rings is 2. The Bertz CT molecular complexity index is 764. The first-order valence-corrected chi connectivity index (χ1v) is 9.21. The first-order valence-electron chi connectivity index (χ1n) is 9.21. The SMILES string of the molecule is Cc1cccc(/C=C/C(=O)NCc2ccccc2C[NH+]2CCOCC2)c1. The van der Waals surface area contributed by atoms with Gasteiger partial charge in [-0.1, -0.05) is 54.1 Å². The summed E-state index contributed by atoms with van der Waals surface area (Å²) in [6, 6.07) is 16.5. The Kier molecular flexibility index (Phi) is 6.58. The van der Waals surface area contributed by atoms with Gasteiger partial charge in [-0.2, -0.15) is 0 Å². The summed E-state index contributed by atoms with van der Waals surface area (Å²) >= 11 is 0. The third-order valence-corrected chi connectivity index (χ3v) is 4.68. The van der Waals surface area contributed by atoms with Crippen molar-refractivity contribution in [3.8, 4) is 0 Å². The Balaban J connectivity index is 1.56. The molecule has 4 heteroatoms. The number of carbonyl (C=O) groups is 1. The molecule has 3 rings (SSSR count). The molecule has 2 aromatic carbocycles. The highest BCUT2D eigenvalue weighted by Gasteiger charge is 2.15. The maximum absolute atomic E-state index is 12.2. The van der Waals surface area contributed by atoms with E-state index in [1.54, 1.807) is 6.08 Å². The van der Waals surface area contributed by atoms with Crippen LogP contribution < -0.4 is 10.2 Å². The second-order valence-corrected chi connectivity index (χ2v) is 6.77. The molecular weight excluding hydrogens is 324 g/mol. The summed E-state index contributed by atoms with van der Waals surface area (Å²) in [7, 11) is 0. The normalized spacial score (nSPS) is 15.3. The van der Waals surface area contributed by atoms with Gasteiger partial charge in [0.25, 0.3) is 0 Å². The van der Waals surface area contributed by atoms with Gasteiger partial charge in [0, 0.05) is 18.2 Å². The molecule has 2 aromatic rings. The van der Waals surface area contributed by atoms with Crippen molar-refractivity contribution >= 4 is 12.0 Å². The second-order valence-electron chi connectivity index (χ2n) is 6.77. The number of nitrogens with one attached hydrogen (secondary N) is 2. The van der Waals surface area contributed by atoms with E-state index in [9.17, 15) is 4.79 Å². The lowest BCUT2D eigenvalue weighted by molar-refractivity contribution is -0.921. The maximum Gasteiger partial charge on any atom is 0.244 e. The van der Waals surface area contributed by atoms with Crippen molar-refractivity contribution in [1.29, 1.82) is 0 Å². The van der Waals surface area contributed by atoms with E-state index in [1.807, 2.05) is 37.3 Å². The summed E-state index contributed by atoms with van der Waals surface area (Å²) < 4.78 is 5.43. The molecule has 1 heterocycles. The number of carbonyl (C=O) groups excluding carboxylic acids is 1. The predicted octanol–water partition coefficient (Wildman–Crippen LogP) is 1.74. The number of amides is 1. The van der Waals surface area contributed by atoms with Gasteiger partial charge < -0.3 is 15.0 Å². The van der Waals surface area contributed by atoms with Crippen LogP contribution in [0.2, 0.25) is 0 Å². The summed E-state index contributed by atoms with van der Waals surface area (Å²) in [6.07, 6.45) is 3.46. The molecule has 1 aliphatic rings. The number of hydrogen-bond donors (Lipinski definition) is 2. The van der Waals surface area contributed by atoms with Crippen molar-refractivity contribution in [3.63, 3.8) is 0 Å². The molecule has 1 amide bonds. The van der Waals surface area contributed by atoms with Crippen molar-refractivity contribution in [1.82, 2.24) is 5.32 Å². The van der Waals surface area contributed by atoms with Crippen LogP contribution in [0.5, 0.6) is 0 Å². The van der Waals surface area contributed by atoms with Crippen LogP contribution in [-0.4, -0.2) is 32.2 Å². The molecule has 0 atom stereocenters. The Hall–Kier alpha value is -2.43. The monoisotopic (exact) mass is 351 g/mol. The highest BCUT2D eigenvalue weighted by molar-refractivity contribution is 5.91. The van der Waals surface area contributed by atoms with Gasteiger partial charge in [0.1, 0.15) is 19.6 Å². The van der Waals surface area contributed by atoms with E-state index in [0.717, 1.165) is 38.4 Å². The van der Waals surface area contributed by atoms with Gasteiger partial charge in [-0.25, -0.2) is 0 Å². The average molecular weight is 351 g/mol. The lowest BCUT2D eigenvalue weighted by Gasteiger charge is -2.24. The molecule has 1 fully saturated rings. The van der Waals surface area contributed by atoms with Crippen LogP contribution in [0.1, 0.15) is 22.3 Å². The number of aryl methyl sites for hydroxylation is 1. The molecule has 1 saturated heterocycles. The lowest BCUT2D eigenvalue weighted by Crippen LogP contribution is -3.12. The largest absolute Gasteiger partial charge is 0.370 e. The molecule has 0 bridgehead atoms. The number of morpholine rings is 1. The van der Waals surface area contributed by atoms with Crippen LogP contribution in [0.3, 0.4) is 0 Å². The van der Waals surface area contributed by atoms with Gasteiger partial charge in [-0.05, 0) is 24.1 Å². The second kappa shape index (κ2) is 9.32. The van der Waals surface area contributed by atoms with Crippen LogP contribution in [-0.2, 0) is 22.6 Å². The molecule has 4 nitrogen and oxygen atoms in total. The quantitative estimate of drug-likeness (QED) is 0.779. The van der Waals surface area contributed by atoms with Gasteiger partial charge in [0.05, 0.1) is 13.2 Å². The van der Waals surface area contributed by atoms with E-state index in [-0.39, 0.29) is 5.91 Å². The van der Waals surface area contributed by atoms with Crippen LogP contribution >= 0.6 is 0 Å². The Labute approximate surface area is 155 Å². The zero-order valence-corrected chi connectivity index (χ0v) is 15.3. The fourth-order valence-corrected chi connectivity index (χ4v) is 3.20. The van der Waals surface area contributed by atoms with E-state index in [4.69, 9.17) is 4.74 Å². The zero-order valence-electron chi connectivity index (χ0n) is 15.3. The van der Waals surface area contributed by atoms with Crippen molar-refractivity contribution in [3.05, 3.63) is 76.9 Å². The van der Waals surface area contributed by atoms with Gasteiger partial charge in [0.15, 0.2) is 0 Å². The summed E-state index contributed by atoms with van der Waals surface area (Å²) in [5.41, 5.74) is 4.71. The molecular formula is C22H27N2O2+. The minimum absolute atomic E-state index is 0.0694. The van der Waals surface area contributed by atoms with Crippen LogP contribution in [0.25, 0.3) is 6.08 Å². The van der Waals surface area contributed by atoms with E-state index in [1.165, 1.54) is 21.6 Å². The maximum atomic E-state index is 12.2. The summed E-state index contributed by atoms with van der Waals surface area (Å²) in [6.45, 7) is 7.33. The Morgan fingerprint density at radius 1 is 1.12 bits per heavy atom. The van der Waals surface area contributed by atoms with Crippen molar-refractivity contribution < 1.29 is 14.4 Å². The molecule has 26 heavy (non-hydrogen) atoms. The minimum atomic E-state index is -0.0694. The summed E-state index contributed by atoms with van der Waals surface area (Å²) in [5, 5.41) is 3.00. The van der Waals surface area contributed by atoms with Gasteiger partial charge >= 0.3 is 0 Å². The molecule has 0 aromatic heterocycles. The Morgan fingerprint density at radius 2 is 1.88 bits per heavy atom. The summed E-state index contributed by atoms with van der Waals surface area (Å²) in [4.78, 5) is 13.7. The smallest absolute Gasteiger partial charge is 0.244 e. The number of quaternary nitrogens is 1. The highest BCUT2D eigenvalue weighted by atomic mass is 16.5. The molecule has 0 unspecified atom stereocenters. The number of ether oxygens (including phenoxy) is 1. The minimum Gasteiger partial charge on any atom is -0.370 e. The fourth-order valence-electron chi connectivity index (χ4n) is 3.20. The molecule has 2 N–H and O–H groups in total. The molecule has 0 saturated carbocycles. The van der Waals surface area contributed by atoms with Crippen LogP contribution in [0, 0.1) is 6.92 Å². The topological polar surface area (TPSA) is 42.8 Å². The highest BCUT2D eigenvalue weighted by Crippen LogP contribution is 2.08. The molecule has 136 valence electrons.